The summed E-state index contributed by atoms with van der Waals surface area (Å²) in [6.07, 6.45) is 0. The zero-order valence-electron chi connectivity index (χ0n) is 8.46. The van der Waals surface area contributed by atoms with Gasteiger partial charge >= 0.3 is 5.97 Å². The molecule has 4 heteroatoms. The van der Waals surface area contributed by atoms with Crippen LogP contribution in [0.15, 0.2) is 42.5 Å². The van der Waals surface area contributed by atoms with Crippen LogP contribution in [0.25, 0.3) is 10.8 Å². The molecule has 0 unspecified atom stereocenters. The molecular formula is C12H12ClNO2. The molecule has 0 radical (unpaired) electrons. The third-order valence-electron chi connectivity index (χ3n) is 2.42. The largest absolute Gasteiger partial charge is 0.480 e. The minimum Gasteiger partial charge on any atom is -0.480 e. The van der Waals surface area contributed by atoms with E-state index in [2.05, 4.69) is 0 Å². The van der Waals surface area contributed by atoms with Crippen LogP contribution in [0.5, 0.6) is 0 Å². The van der Waals surface area contributed by atoms with Gasteiger partial charge in [-0.2, -0.15) is 0 Å². The van der Waals surface area contributed by atoms with Gasteiger partial charge in [0.05, 0.1) is 0 Å². The number of halogens is 1. The number of hydrogen-bond acceptors (Lipinski definition) is 2. The minimum atomic E-state index is -1.01. The van der Waals surface area contributed by atoms with Crippen LogP contribution in [-0.2, 0) is 4.79 Å². The normalized spacial score (nSPS) is 11.8. The highest BCUT2D eigenvalue weighted by molar-refractivity contribution is 5.90. The second kappa shape index (κ2) is 4.96. The van der Waals surface area contributed by atoms with Crippen molar-refractivity contribution in [3.8, 4) is 0 Å². The van der Waals surface area contributed by atoms with E-state index >= 15 is 0 Å². The maximum absolute atomic E-state index is 10.8. The number of rotatable bonds is 2. The molecule has 0 aliphatic carbocycles. The summed E-state index contributed by atoms with van der Waals surface area (Å²) in [4.78, 5) is 10.8. The van der Waals surface area contributed by atoms with Gasteiger partial charge in [-0.15, -0.1) is 12.4 Å². The summed E-state index contributed by atoms with van der Waals surface area (Å²) in [6.45, 7) is 0. The topological polar surface area (TPSA) is 63.3 Å². The minimum absolute atomic E-state index is 0. The van der Waals surface area contributed by atoms with Crippen molar-refractivity contribution in [2.24, 2.45) is 5.73 Å². The van der Waals surface area contributed by atoms with Gasteiger partial charge in [-0.05, 0) is 16.3 Å². The molecule has 0 heterocycles. The maximum atomic E-state index is 10.8. The Balaban J connectivity index is 0.00000128. The van der Waals surface area contributed by atoms with Gasteiger partial charge in [0.15, 0.2) is 0 Å². The first-order chi connectivity index (χ1) is 7.20. The van der Waals surface area contributed by atoms with Crippen LogP contribution in [0, 0.1) is 0 Å². The standard InChI is InChI=1S/C12H11NO2.ClH/c13-11(12(14)15)10-7-3-5-8-4-1-2-6-9(8)10;/h1-7,11H,13H2,(H,14,15);1H/t11-;/m1./s1. The summed E-state index contributed by atoms with van der Waals surface area (Å²) in [5, 5.41) is 10.8. The highest BCUT2D eigenvalue weighted by Gasteiger charge is 2.15. The fourth-order valence-electron chi connectivity index (χ4n) is 1.65. The first-order valence-electron chi connectivity index (χ1n) is 4.66. The number of nitrogens with two attached hydrogens (primary N) is 1. The van der Waals surface area contributed by atoms with Crippen molar-refractivity contribution in [1.82, 2.24) is 0 Å². The molecule has 0 amide bonds. The van der Waals surface area contributed by atoms with E-state index in [1.165, 1.54) is 0 Å². The molecule has 0 spiro atoms. The highest BCUT2D eigenvalue weighted by atomic mass is 35.5. The number of fused-ring (bicyclic) bond motifs is 1. The molecule has 2 aromatic carbocycles. The van der Waals surface area contributed by atoms with Gasteiger partial charge in [0.25, 0.3) is 0 Å². The molecule has 0 saturated carbocycles. The summed E-state index contributed by atoms with van der Waals surface area (Å²) in [5.41, 5.74) is 6.26. The van der Waals surface area contributed by atoms with Crippen LogP contribution in [0.4, 0.5) is 0 Å². The molecule has 3 nitrogen and oxygen atoms in total. The number of hydrogen-bond donors (Lipinski definition) is 2. The van der Waals surface area contributed by atoms with Gasteiger partial charge in [0.1, 0.15) is 6.04 Å². The quantitative estimate of drug-likeness (QED) is 0.843. The van der Waals surface area contributed by atoms with Crippen LogP contribution in [0.1, 0.15) is 11.6 Å². The number of benzene rings is 2. The van der Waals surface area contributed by atoms with Gasteiger partial charge in [0.2, 0.25) is 0 Å². The Kier molecular flexibility index (Phi) is 3.88. The molecule has 0 aromatic heterocycles. The van der Waals surface area contributed by atoms with Gasteiger partial charge in [-0.3, -0.25) is 4.79 Å². The van der Waals surface area contributed by atoms with E-state index in [1.807, 2.05) is 36.4 Å². The summed E-state index contributed by atoms with van der Waals surface area (Å²) in [5.74, 6) is -1.01. The molecule has 1 atom stereocenters. The van der Waals surface area contributed by atoms with Crippen LogP contribution >= 0.6 is 12.4 Å². The van der Waals surface area contributed by atoms with E-state index in [4.69, 9.17) is 10.8 Å². The Hall–Kier alpha value is -1.58. The fraction of sp³-hybridized carbons (Fsp3) is 0.0833. The van der Waals surface area contributed by atoms with Crippen molar-refractivity contribution >= 4 is 29.1 Å². The Labute approximate surface area is 99.3 Å². The average Bonchev–Trinajstić information content (AvgIpc) is 2.27. The highest BCUT2D eigenvalue weighted by Crippen LogP contribution is 2.22. The Morgan fingerprint density at radius 3 is 2.44 bits per heavy atom. The lowest BCUT2D eigenvalue weighted by Crippen LogP contribution is -2.20. The van der Waals surface area contributed by atoms with Crippen molar-refractivity contribution in [2.75, 3.05) is 0 Å². The molecule has 0 fully saturated rings. The van der Waals surface area contributed by atoms with E-state index < -0.39 is 12.0 Å². The number of carboxylic acids is 1. The van der Waals surface area contributed by atoms with Gasteiger partial charge < -0.3 is 10.8 Å². The van der Waals surface area contributed by atoms with Gasteiger partial charge in [-0.1, -0.05) is 42.5 Å². The molecule has 3 N–H and O–H groups in total. The molecule has 16 heavy (non-hydrogen) atoms. The van der Waals surface area contributed by atoms with Crippen molar-refractivity contribution in [3.63, 3.8) is 0 Å². The van der Waals surface area contributed by atoms with Crippen molar-refractivity contribution < 1.29 is 9.90 Å². The second-order valence-electron chi connectivity index (χ2n) is 3.38. The molecule has 0 aliphatic rings. The molecule has 0 aliphatic heterocycles. The lowest BCUT2D eigenvalue weighted by Gasteiger charge is -2.09. The summed E-state index contributed by atoms with van der Waals surface area (Å²) in [6, 6.07) is 12.2. The van der Waals surface area contributed by atoms with Crippen molar-refractivity contribution in [2.45, 2.75) is 6.04 Å². The predicted molar refractivity (Wildman–Crippen MR) is 65.8 cm³/mol. The molecule has 0 saturated heterocycles. The Morgan fingerprint density at radius 1 is 1.12 bits per heavy atom. The third-order valence-corrected chi connectivity index (χ3v) is 2.42. The molecule has 2 rings (SSSR count). The Bertz CT molecular complexity index is 508. The lowest BCUT2D eigenvalue weighted by atomic mass is 9.99. The van der Waals surface area contributed by atoms with Crippen molar-refractivity contribution in [3.05, 3.63) is 48.0 Å². The van der Waals surface area contributed by atoms with E-state index in [1.54, 1.807) is 6.07 Å². The SMILES string of the molecule is Cl.N[C@@H](C(=O)O)c1cccc2ccccc12. The van der Waals surface area contributed by atoms with Crippen LogP contribution in [0.3, 0.4) is 0 Å². The van der Waals surface area contributed by atoms with Gasteiger partial charge in [-0.25, -0.2) is 0 Å². The zero-order valence-corrected chi connectivity index (χ0v) is 9.28. The monoisotopic (exact) mass is 237 g/mol. The number of aliphatic carboxylic acids is 1. The van der Waals surface area contributed by atoms with E-state index in [0.29, 0.717) is 5.56 Å². The van der Waals surface area contributed by atoms with E-state index in [0.717, 1.165) is 10.8 Å². The average molecular weight is 238 g/mol. The van der Waals surface area contributed by atoms with Crippen LogP contribution < -0.4 is 5.73 Å². The van der Waals surface area contributed by atoms with Gasteiger partial charge in [0, 0.05) is 0 Å². The number of carbonyl (C=O) groups is 1. The zero-order chi connectivity index (χ0) is 10.8. The Morgan fingerprint density at radius 2 is 1.75 bits per heavy atom. The van der Waals surface area contributed by atoms with E-state index in [9.17, 15) is 4.79 Å². The van der Waals surface area contributed by atoms with Crippen LogP contribution in [-0.4, -0.2) is 11.1 Å². The second-order valence-corrected chi connectivity index (χ2v) is 3.38. The van der Waals surface area contributed by atoms with Crippen LogP contribution in [0.2, 0.25) is 0 Å². The fourth-order valence-corrected chi connectivity index (χ4v) is 1.65. The summed E-state index contributed by atoms with van der Waals surface area (Å²) >= 11 is 0. The number of carboxylic acid groups (broad SMARTS) is 1. The summed E-state index contributed by atoms with van der Waals surface area (Å²) in [7, 11) is 0. The molecule has 0 bridgehead atoms. The summed E-state index contributed by atoms with van der Waals surface area (Å²) < 4.78 is 0. The maximum Gasteiger partial charge on any atom is 0.325 e. The van der Waals surface area contributed by atoms with E-state index in [-0.39, 0.29) is 12.4 Å². The molecule has 2 aromatic rings. The van der Waals surface area contributed by atoms with Crippen molar-refractivity contribution in [1.29, 1.82) is 0 Å². The molecular weight excluding hydrogens is 226 g/mol. The lowest BCUT2D eigenvalue weighted by molar-refractivity contribution is -0.138. The third kappa shape index (κ3) is 2.15. The molecule has 84 valence electrons. The predicted octanol–water partition coefficient (Wildman–Crippen LogP) is 2.35. The first-order valence-corrected chi connectivity index (χ1v) is 4.66. The smallest absolute Gasteiger partial charge is 0.325 e. The first kappa shape index (κ1) is 12.5.